The average Bonchev–Trinajstić information content (AvgIpc) is 2.31. The van der Waals surface area contributed by atoms with Crippen LogP contribution in [0.5, 0.6) is 0 Å². The third-order valence-electron chi connectivity index (χ3n) is 4.36. The maximum absolute atomic E-state index is 2.54. The largest absolute Gasteiger partial charge is 0.0852 e. The average molecular weight is 236 g/mol. The highest BCUT2D eigenvalue weighted by atomic mass is 14.2. The van der Waals surface area contributed by atoms with Crippen LogP contribution >= 0.6 is 0 Å². The lowest BCUT2D eigenvalue weighted by Gasteiger charge is -2.24. The standard InChI is InChI=1S/C17H32/c1-5-16(9-6-14(2)3)12-13-17-10-7-15(4)8-11-17/h12-17H,5-11H2,1-4H3/b13-12+. The summed E-state index contributed by atoms with van der Waals surface area (Å²) in [7, 11) is 0. The van der Waals surface area contributed by atoms with Gasteiger partial charge < -0.3 is 0 Å². The van der Waals surface area contributed by atoms with E-state index in [4.69, 9.17) is 0 Å². The Morgan fingerprint density at radius 1 is 1.06 bits per heavy atom. The first kappa shape index (κ1) is 14.8. The van der Waals surface area contributed by atoms with Crippen LogP contribution < -0.4 is 0 Å². The number of allylic oxidation sites excluding steroid dienone is 2. The van der Waals surface area contributed by atoms with Crippen LogP contribution in [0.2, 0.25) is 0 Å². The van der Waals surface area contributed by atoms with Gasteiger partial charge in [-0.05, 0) is 49.4 Å². The van der Waals surface area contributed by atoms with E-state index in [2.05, 4.69) is 39.8 Å². The fourth-order valence-electron chi connectivity index (χ4n) is 2.78. The third kappa shape index (κ3) is 6.29. The maximum atomic E-state index is 2.54. The predicted molar refractivity (Wildman–Crippen MR) is 78.1 cm³/mol. The molecule has 0 heteroatoms. The number of hydrogen-bond acceptors (Lipinski definition) is 0. The van der Waals surface area contributed by atoms with Crippen LogP contribution in [-0.2, 0) is 0 Å². The second-order valence-corrected chi connectivity index (χ2v) is 6.54. The van der Waals surface area contributed by atoms with Gasteiger partial charge in [-0.3, -0.25) is 0 Å². The van der Waals surface area contributed by atoms with Gasteiger partial charge in [-0.2, -0.15) is 0 Å². The molecule has 1 rings (SSSR count). The molecule has 0 radical (unpaired) electrons. The van der Waals surface area contributed by atoms with E-state index in [0.29, 0.717) is 0 Å². The van der Waals surface area contributed by atoms with Crippen molar-refractivity contribution in [2.75, 3.05) is 0 Å². The SMILES string of the molecule is CCC(/C=C/C1CCC(C)CC1)CCC(C)C. The van der Waals surface area contributed by atoms with E-state index in [1.807, 2.05) is 0 Å². The van der Waals surface area contributed by atoms with Crippen LogP contribution in [-0.4, -0.2) is 0 Å². The summed E-state index contributed by atoms with van der Waals surface area (Å²) in [6, 6.07) is 0. The molecular weight excluding hydrogens is 204 g/mol. The molecule has 0 aromatic rings. The summed E-state index contributed by atoms with van der Waals surface area (Å²) < 4.78 is 0. The van der Waals surface area contributed by atoms with Crippen LogP contribution in [0.25, 0.3) is 0 Å². The number of rotatable bonds is 6. The fourth-order valence-corrected chi connectivity index (χ4v) is 2.78. The molecule has 0 spiro atoms. The highest BCUT2D eigenvalue weighted by molar-refractivity contribution is 4.94. The molecule has 0 aromatic carbocycles. The molecule has 1 aliphatic carbocycles. The normalized spacial score (nSPS) is 27.8. The van der Waals surface area contributed by atoms with Crippen LogP contribution in [0.15, 0.2) is 12.2 Å². The van der Waals surface area contributed by atoms with E-state index in [1.54, 1.807) is 0 Å². The molecule has 0 saturated heterocycles. The van der Waals surface area contributed by atoms with E-state index in [0.717, 1.165) is 23.7 Å². The van der Waals surface area contributed by atoms with Crippen molar-refractivity contribution in [3.63, 3.8) is 0 Å². The zero-order valence-corrected chi connectivity index (χ0v) is 12.4. The molecule has 0 N–H and O–H groups in total. The van der Waals surface area contributed by atoms with E-state index in [1.165, 1.54) is 44.9 Å². The second kappa shape index (κ2) is 7.95. The minimum atomic E-state index is 0.830. The van der Waals surface area contributed by atoms with Gasteiger partial charge in [0.25, 0.3) is 0 Å². The molecule has 0 aliphatic heterocycles. The molecule has 0 heterocycles. The Balaban J connectivity index is 2.29. The first-order chi connectivity index (χ1) is 8.11. The lowest BCUT2D eigenvalue weighted by atomic mass is 9.82. The Hall–Kier alpha value is -0.260. The summed E-state index contributed by atoms with van der Waals surface area (Å²) in [6.07, 6.45) is 14.9. The van der Waals surface area contributed by atoms with Gasteiger partial charge in [-0.15, -0.1) is 0 Å². The molecule has 1 unspecified atom stereocenters. The minimum absolute atomic E-state index is 0.830. The molecule has 0 aromatic heterocycles. The molecule has 17 heavy (non-hydrogen) atoms. The van der Waals surface area contributed by atoms with Gasteiger partial charge in [0.05, 0.1) is 0 Å². The van der Waals surface area contributed by atoms with Gasteiger partial charge in [-0.1, -0.05) is 59.1 Å². The highest BCUT2D eigenvalue weighted by Crippen LogP contribution is 2.29. The Morgan fingerprint density at radius 3 is 2.24 bits per heavy atom. The molecule has 0 nitrogen and oxygen atoms in total. The summed E-state index contributed by atoms with van der Waals surface area (Å²) in [4.78, 5) is 0. The predicted octanol–water partition coefficient (Wildman–Crippen LogP) is 5.83. The number of hydrogen-bond donors (Lipinski definition) is 0. The lowest BCUT2D eigenvalue weighted by Crippen LogP contribution is -2.10. The van der Waals surface area contributed by atoms with Crippen molar-refractivity contribution in [2.24, 2.45) is 23.7 Å². The summed E-state index contributed by atoms with van der Waals surface area (Å²) in [6.45, 7) is 9.40. The molecule has 1 atom stereocenters. The quantitative estimate of drug-likeness (QED) is 0.509. The summed E-state index contributed by atoms with van der Waals surface area (Å²) in [5.41, 5.74) is 0. The molecule has 1 saturated carbocycles. The monoisotopic (exact) mass is 236 g/mol. The highest BCUT2D eigenvalue weighted by Gasteiger charge is 2.16. The van der Waals surface area contributed by atoms with Crippen LogP contribution in [0.1, 0.15) is 72.6 Å². The van der Waals surface area contributed by atoms with Gasteiger partial charge in [0.15, 0.2) is 0 Å². The Labute approximate surface area is 109 Å². The van der Waals surface area contributed by atoms with E-state index >= 15 is 0 Å². The van der Waals surface area contributed by atoms with Crippen molar-refractivity contribution in [1.82, 2.24) is 0 Å². The van der Waals surface area contributed by atoms with E-state index in [-0.39, 0.29) is 0 Å². The van der Waals surface area contributed by atoms with Gasteiger partial charge >= 0.3 is 0 Å². The molecule has 1 aliphatic rings. The van der Waals surface area contributed by atoms with Crippen molar-refractivity contribution in [3.8, 4) is 0 Å². The van der Waals surface area contributed by atoms with Crippen LogP contribution in [0.3, 0.4) is 0 Å². The second-order valence-electron chi connectivity index (χ2n) is 6.54. The minimum Gasteiger partial charge on any atom is -0.0852 e. The Bertz CT molecular complexity index is 206. The van der Waals surface area contributed by atoms with Crippen LogP contribution in [0.4, 0.5) is 0 Å². The first-order valence-electron chi connectivity index (χ1n) is 7.80. The van der Waals surface area contributed by atoms with Gasteiger partial charge in [0.2, 0.25) is 0 Å². The van der Waals surface area contributed by atoms with Crippen molar-refractivity contribution in [2.45, 2.75) is 72.6 Å². The first-order valence-corrected chi connectivity index (χ1v) is 7.80. The molecule has 1 fully saturated rings. The molecule has 100 valence electrons. The van der Waals surface area contributed by atoms with Gasteiger partial charge in [0.1, 0.15) is 0 Å². The van der Waals surface area contributed by atoms with Gasteiger partial charge in [-0.25, -0.2) is 0 Å². The van der Waals surface area contributed by atoms with Gasteiger partial charge in [0, 0.05) is 0 Å². The molecular formula is C17H32. The smallest absolute Gasteiger partial charge is 0.0233 e. The summed E-state index contributed by atoms with van der Waals surface area (Å²) >= 11 is 0. The fraction of sp³-hybridized carbons (Fsp3) is 0.882. The Morgan fingerprint density at radius 2 is 1.71 bits per heavy atom. The Kier molecular flexibility index (Phi) is 6.92. The topological polar surface area (TPSA) is 0 Å². The van der Waals surface area contributed by atoms with Crippen LogP contribution in [0, 0.1) is 23.7 Å². The van der Waals surface area contributed by atoms with Crippen molar-refractivity contribution >= 4 is 0 Å². The van der Waals surface area contributed by atoms with Crippen molar-refractivity contribution in [1.29, 1.82) is 0 Å². The van der Waals surface area contributed by atoms with Crippen molar-refractivity contribution in [3.05, 3.63) is 12.2 Å². The molecule has 0 bridgehead atoms. The zero-order chi connectivity index (χ0) is 12.7. The van der Waals surface area contributed by atoms with E-state index < -0.39 is 0 Å². The van der Waals surface area contributed by atoms with E-state index in [9.17, 15) is 0 Å². The molecule has 0 amide bonds. The summed E-state index contributed by atoms with van der Waals surface area (Å²) in [5.74, 6) is 3.55. The van der Waals surface area contributed by atoms with Crippen molar-refractivity contribution < 1.29 is 0 Å². The third-order valence-corrected chi connectivity index (χ3v) is 4.36. The zero-order valence-electron chi connectivity index (χ0n) is 12.4. The maximum Gasteiger partial charge on any atom is -0.0233 e. The summed E-state index contributed by atoms with van der Waals surface area (Å²) in [5, 5.41) is 0. The lowest BCUT2D eigenvalue weighted by molar-refractivity contribution is 0.329.